The van der Waals surface area contributed by atoms with Gasteiger partial charge in [0, 0.05) is 5.69 Å². The molecular formula is C20H22N2O4S. The molecule has 3 N–H and O–H groups in total. The van der Waals surface area contributed by atoms with Crippen molar-refractivity contribution in [1.82, 2.24) is 5.32 Å². The van der Waals surface area contributed by atoms with Crippen LogP contribution in [0.4, 0.5) is 5.69 Å². The van der Waals surface area contributed by atoms with Gasteiger partial charge in [-0.2, -0.15) is 0 Å². The van der Waals surface area contributed by atoms with Crippen molar-refractivity contribution in [3.63, 3.8) is 0 Å². The molecule has 0 heterocycles. The van der Waals surface area contributed by atoms with Crippen molar-refractivity contribution in [3.05, 3.63) is 65.7 Å². The number of nitrogens with one attached hydrogen (secondary N) is 2. The van der Waals surface area contributed by atoms with Gasteiger partial charge in [0.1, 0.15) is 0 Å². The van der Waals surface area contributed by atoms with Crippen LogP contribution in [0.15, 0.2) is 54.6 Å². The van der Waals surface area contributed by atoms with Crippen LogP contribution in [0.3, 0.4) is 0 Å². The Balaban J connectivity index is 1.79. The van der Waals surface area contributed by atoms with Gasteiger partial charge in [0.05, 0.1) is 24.0 Å². The lowest BCUT2D eigenvalue weighted by Gasteiger charge is -2.17. The molecule has 0 saturated heterocycles. The maximum Gasteiger partial charge on any atom is 0.305 e. The van der Waals surface area contributed by atoms with Gasteiger partial charge in [-0.05, 0) is 24.6 Å². The van der Waals surface area contributed by atoms with Crippen molar-refractivity contribution >= 4 is 35.2 Å². The van der Waals surface area contributed by atoms with Crippen LogP contribution in [0.2, 0.25) is 0 Å². The quantitative estimate of drug-likeness (QED) is 0.616. The molecule has 0 aliphatic heterocycles. The number of aliphatic carboxylic acids is 1. The zero-order valence-electron chi connectivity index (χ0n) is 15.0. The molecule has 0 bridgehead atoms. The summed E-state index contributed by atoms with van der Waals surface area (Å²) in [6.07, 6.45) is -0.200. The standard InChI is InChI=1S/C20H22N2O4S/c1-14-7-9-16(10-8-14)21-18(23)12-27-13-19(24)22-17(11-20(25)26)15-5-3-2-4-6-15/h2-10,17H,11-13H2,1H3,(H,21,23)(H,22,24)(H,25,26). The van der Waals surface area contributed by atoms with Gasteiger partial charge in [-0.1, -0.05) is 48.0 Å². The van der Waals surface area contributed by atoms with Crippen LogP contribution in [0, 0.1) is 6.92 Å². The van der Waals surface area contributed by atoms with Gasteiger partial charge in [-0.3, -0.25) is 14.4 Å². The van der Waals surface area contributed by atoms with E-state index in [4.69, 9.17) is 5.11 Å². The molecule has 2 aromatic rings. The number of rotatable bonds is 9. The first-order valence-corrected chi connectivity index (χ1v) is 9.60. The number of carboxylic acids is 1. The number of carboxylic acid groups (broad SMARTS) is 1. The first kappa shape index (κ1) is 20.5. The molecular weight excluding hydrogens is 364 g/mol. The third-order valence-corrected chi connectivity index (χ3v) is 4.65. The van der Waals surface area contributed by atoms with Gasteiger partial charge in [-0.15, -0.1) is 11.8 Å². The van der Waals surface area contributed by atoms with E-state index < -0.39 is 12.0 Å². The second-order valence-corrected chi connectivity index (χ2v) is 7.02. The monoisotopic (exact) mass is 386 g/mol. The van der Waals surface area contributed by atoms with E-state index >= 15 is 0 Å². The topological polar surface area (TPSA) is 95.5 Å². The highest BCUT2D eigenvalue weighted by molar-refractivity contribution is 8.00. The molecule has 27 heavy (non-hydrogen) atoms. The Morgan fingerprint density at radius 3 is 2.22 bits per heavy atom. The van der Waals surface area contributed by atoms with Crippen LogP contribution in [-0.2, 0) is 14.4 Å². The maximum absolute atomic E-state index is 12.1. The summed E-state index contributed by atoms with van der Waals surface area (Å²) in [6.45, 7) is 1.97. The van der Waals surface area contributed by atoms with Gasteiger partial charge in [0.25, 0.3) is 0 Å². The number of benzene rings is 2. The Morgan fingerprint density at radius 2 is 1.59 bits per heavy atom. The van der Waals surface area contributed by atoms with Crippen molar-refractivity contribution in [2.45, 2.75) is 19.4 Å². The van der Waals surface area contributed by atoms with Gasteiger partial charge in [0.15, 0.2) is 0 Å². The third kappa shape index (κ3) is 7.53. The average molecular weight is 386 g/mol. The molecule has 6 nitrogen and oxygen atoms in total. The Morgan fingerprint density at radius 1 is 0.963 bits per heavy atom. The minimum absolute atomic E-state index is 0.0737. The normalized spacial score (nSPS) is 11.4. The van der Waals surface area contributed by atoms with Gasteiger partial charge in [0.2, 0.25) is 11.8 Å². The maximum atomic E-state index is 12.1. The number of carbonyl (C=O) groups excluding carboxylic acids is 2. The fourth-order valence-corrected chi connectivity index (χ4v) is 3.05. The highest BCUT2D eigenvalue weighted by atomic mass is 32.2. The van der Waals surface area contributed by atoms with Gasteiger partial charge < -0.3 is 15.7 Å². The molecule has 0 saturated carbocycles. The van der Waals surface area contributed by atoms with E-state index in [1.54, 1.807) is 24.3 Å². The second-order valence-electron chi connectivity index (χ2n) is 6.04. The molecule has 0 aliphatic carbocycles. The number of amides is 2. The van der Waals surface area contributed by atoms with Crippen molar-refractivity contribution in [2.75, 3.05) is 16.8 Å². The number of anilines is 1. The SMILES string of the molecule is Cc1ccc(NC(=O)CSCC(=O)NC(CC(=O)O)c2ccccc2)cc1. The molecule has 0 radical (unpaired) electrons. The summed E-state index contributed by atoms with van der Waals surface area (Å²) in [5, 5.41) is 14.5. The molecule has 142 valence electrons. The fraction of sp³-hybridized carbons (Fsp3) is 0.250. The van der Waals surface area contributed by atoms with Gasteiger partial charge in [-0.25, -0.2) is 0 Å². The van der Waals surface area contributed by atoms with Crippen molar-refractivity contribution < 1.29 is 19.5 Å². The van der Waals surface area contributed by atoms with Crippen LogP contribution in [0.25, 0.3) is 0 Å². The van der Waals surface area contributed by atoms with Crippen LogP contribution >= 0.6 is 11.8 Å². The minimum atomic E-state index is -0.991. The molecule has 0 aliphatic rings. The third-order valence-electron chi connectivity index (χ3n) is 3.72. The average Bonchev–Trinajstić information content (AvgIpc) is 2.63. The number of aryl methyl sites for hydroxylation is 1. The van der Waals surface area contributed by atoms with Crippen molar-refractivity contribution in [3.8, 4) is 0 Å². The Labute approximate surface area is 162 Å². The molecule has 2 aromatic carbocycles. The molecule has 0 spiro atoms. The summed E-state index contributed by atoms with van der Waals surface area (Å²) >= 11 is 1.18. The van der Waals surface area contributed by atoms with Crippen LogP contribution < -0.4 is 10.6 Å². The first-order valence-electron chi connectivity index (χ1n) is 8.44. The lowest BCUT2D eigenvalue weighted by molar-refractivity contribution is -0.137. The summed E-state index contributed by atoms with van der Waals surface area (Å²) in [5.74, 6) is -1.28. The molecule has 0 fully saturated rings. The predicted octanol–water partition coefficient (Wildman–Crippen LogP) is 3.00. The van der Waals surface area contributed by atoms with E-state index in [-0.39, 0.29) is 29.7 Å². The molecule has 1 unspecified atom stereocenters. The molecule has 1 atom stereocenters. The second kappa shape index (κ2) is 10.4. The highest BCUT2D eigenvalue weighted by Crippen LogP contribution is 2.17. The molecule has 0 aromatic heterocycles. The molecule has 2 rings (SSSR count). The van der Waals surface area contributed by atoms with Crippen LogP contribution in [0.1, 0.15) is 23.6 Å². The number of hydrogen-bond acceptors (Lipinski definition) is 4. The number of thioether (sulfide) groups is 1. The first-order chi connectivity index (χ1) is 12.9. The van der Waals surface area contributed by atoms with E-state index in [1.165, 1.54) is 11.8 Å². The van der Waals surface area contributed by atoms with Crippen LogP contribution in [-0.4, -0.2) is 34.4 Å². The Kier molecular flexibility index (Phi) is 7.88. The summed E-state index contributed by atoms with van der Waals surface area (Å²) < 4.78 is 0. The van der Waals surface area contributed by atoms with E-state index in [1.807, 2.05) is 37.3 Å². The lowest BCUT2D eigenvalue weighted by Crippen LogP contribution is -2.31. The Bertz CT molecular complexity index is 778. The highest BCUT2D eigenvalue weighted by Gasteiger charge is 2.18. The zero-order chi connectivity index (χ0) is 19.6. The predicted molar refractivity (Wildman–Crippen MR) is 107 cm³/mol. The van der Waals surface area contributed by atoms with Crippen LogP contribution in [0.5, 0.6) is 0 Å². The number of carbonyl (C=O) groups is 3. The molecule has 2 amide bonds. The van der Waals surface area contributed by atoms with E-state index in [9.17, 15) is 14.4 Å². The minimum Gasteiger partial charge on any atom is -0.481 e. The number of hydrogen-bond donors (Lipinski definition) is 3. The largest absolute Gasteiger partial charge is 0.481 e. The van der Waals surface area contributed by atoms with Crippen molar-refractivity contribution in [2.24, 2.45) is 0 Å². The lowest BCUT2D eigenvalue weighted by atomic mass is 10.0. The van der Waals surface area contributed by atoms with E-state index in [0.29, 0.717) is 5.69 Å². The summed E-state index contributed by atoms with van der Waals surface area (Å²) in [6, 6.07) is 15.8. The fourth-order valence-electron chi connectivity index (χ4n) is 2.42. The Hall–Kier alpha value is -2.80. The van der Waals surface area contributed by atoms with Gasteiger partial charge >= 0.3 is 5.97 Å². The van der Waals surface area contributed by atoms with Crippen molar-refractivity contribution in [1.29, 1.82) is 0 Å². The van der Waals surface area contributed by atoms with E-state index in [2.05, 4.69) is 10.6 Å². The summed E-state index contributed by atoms with van der Waals surface area (Å²) in [4.78, 5) is 35.1. The summed E-state index contributed by atoms with van der Waals surface area (Å²) in [7, 11) is 0. The summed E-state index contributed by atoms with van der Waals surface area (Å²) in [5.41, 5.74) is 2.55. The molecule has 7 heteroatoms. The van der Waals surface area contributed by atoms with E-state index in [0.717, 1.165) is 11.1 Å². The zero-order valence-corrected chi connectivity index (χ0v) is 15.8. The smallest absolute Gasteiger partial charge is 0.305 e.